The topological polar surface area (TPSA) is 28.2 Å². The van der Waals surface area contributed by atoms with E-state index in [4.69, 9.17) is 0 Å². The summed E-state index contributed by atoms with van der Waals surface area (Å²) < 4.78 is 0. The molecule has 1 unspecified atom stereocenters. The lowest BCUT2D eigenvalue weighted by Gasteiger charge is -2.40. The van der Waals surface area contributed by atoms with Crippen LogP contribution in [-0.2, 0) is 6.54 Å². The van der Waals surface area contributed by atoms with E-state index in [0.29, 0.717) is 6.04 Å². The molecule has 3 nitrogen and oxygen atoms in total. The second-order valence-corrected chi connectivity index (χ2v) is 5.61. The van der Waals surface area contributed by atoms with Crippen LogP contribution in [0.15, 0.2) is 24.5 Å². The molecule has 2 heterocycles. The maximum absolute atomic E-state index is 4.08. The van der Waals surface area contributed by atoms with Crippen molar-refractivity contribution in [2.24, 2.45) is 0 Å². The summed E-state index contributed by atoms with van der Waals surface area (Å²) in [5.41, 5.74) is 1.56. The first-order valence-electron chi connectivity index (χ1n) is 6.46. The van der Waals surface area contributed by atoms with Crippen molar-refractivity contribution in [2.75, 3.05) is 13.1 Å². The highest BCUT2D eigenvalue weighted by Gasteiger charge is 2.32. The molecular weight excluding hydrogens is 210 g/mol. The monoisotopic (exact) mass is 233 g/mol. The molecule has 3 heteroatoms. The van der Waals surface area contributed by atoms with Crippen molar-refractivity contribution in [3.8, 4) is 0 Å². The quantitative estimate of drug-likeness (QED) is 0.847. The van der Waals surface area contributed by atoms with Gasteiger partial charge in [-0.2, -0.15) is 0 Å². The Hall–Kier alpha value is -0.930. The summed E-state index contributed by atoms with van der Waals surface area (Å²) in [6.45, 7) is 10.2. The molecule has 1 N–H and O–H groups in total. The first-order valence-corrected chi connectivity index (χ1v) is 6.46. The molecular formula is C14H23N3. The lowest BCUT2D eigenvalue weighted by molar-refractivity contribution is 0.0798. The molecule has 1 aromatic rings. The van der Waals surface area contributed by atoms with Gasteiger partial charge in [-0.25, -0.2) is 0 Å². The minimum Gasteiger partial charge on any atom is -0.315 e. The molecule has 2 rings (SSSR count). The molecule has 0 radical (unpaired) electrons. The standard InChI is InChI=1S/C14H23N3/c1-12-4-7-16-11-14(2,3)17(12)10-13-5-8-15-9-6-13/h5-6,8-9,12,16H,4,7,10-11H2,1-3H3. The fourth-order valence-corrected chi connectivity index (χ4v) is 2.61. The number of nitrogens with one attached hydrogen (secondary N) is 1. The summed E-state index contributed by atoms with van der Waals surface area (Å²) in [7, 11) is 0. The zero-order valence-corrected chi connectivity index (χ0v) is 11.1. The predicted molar refractivity (Wildman–Crippen MR) is 70.8 cm³/mol. The first-order chi connectivity index (χ1) is 8.09. The van der Waals surface area contributed by atoms with Crippen molar-refractivity contribution in [1.29, 1.82) is 0 Å². The molecule has 94 valence electrons. The lowest BCUT2D eigenvalue weighted by atomic mass is 9.99. The van der Waals surface area contributed by atoms with Crippen molar-refractivity contribution in [3.63, 3.8) is 0 Å². The summed E-state index contributed by atoms with van der Waals surface area (Å²) in [6, 6.07) is 4.84. The molecule has 1 aliphatic heterocycles. The van der Waals surface area contributed by atoms with E-state index in [1.165, 1.54) is 12.0 Å². The Morgan fingerprint density at radius 2 is 2.12 bits per heavy atom. The van der Waals surface area contributed by atoms with Crippen LogP contribution in [0.4, 0.5) is 0 Å². The number of rotatable bonds is 2. The Morgan fingerprint density at radius 1 is 1.41 bits per heavy atom. The molecule has 1 fully saturated rings. The summed E-state index contributed by atoms with van der Waals surface area (Å²) in [5, 5.41) is 3.53. The second kappa shape index (κ2) is 5.15. The highest BCUT2D eigenvalue weighted by molar-refractivity contribution is 5.10. The van der Waals surface area contributed by atoms with Gasteiger partial charge in [-0.15, -0.1) is 0 Å². The van der Waals surface area contributed by atoms with Crippen LogP contribution in [0.1, 0.15) is 32.8 Å². The van der Waals surface area contributed by atoms with Gasteiger partial charge in [0.2, 0.25) is 0 Å². The molecule has 1 atom stereocenters. The largest absolute Gasteiger partial charge is 0.315 e. The maximum Gasteiger partial charge on any atom is 0.0284 e. The normalized spacial score (nSPS) is 25.5. The zero-order valence-electron chi connectivity index (χ0n) is 11.1. The van der Waals surface area contributed by atoms with Gasteiger partial charge >= 0.3 is 0 Å². The van der Waals surface area contributed by atoms with Crippen LogP contribution in [0.5, 0.6) is 0 Å². The van der Waals surface area contributed by atoms with Crippen LogP contribution in [0.2, 0.25) is 0 Å². The molecule has 0 aromatic carbocycles. The maximum atomic E-state index is 4.08. The van der Waals surface area contributed by atoms with Gasteiger partial charge < -0.3 is 5.32 Å². The van der Waals surface area contributed by atoms with Crippen molar-refractivity contribution in [3.05, 3.63) is 30.1 Å². The van der Waals surface area contributed by atoms with E-state index in [1.54, 1.807) is 0 Å². The number of hydrogen-bond donors (Lipinski definition) is 1. The van der Waals surface area contributed by atoms with Gasteiger partial charge in [0, 0.05) is 37.1 Å². The van der Waals surface area contributed by atoms with Crippen molar-refractivity contribution in [1.82, 2.24) is 15.2 Å². The Morgan fingerprint density at radius 3 is 2.82 bits per heavy atom. The molecule has 1 aliphatic rings. The Labute approximate surface area is 104 Å². The van der Waals surface area contributed by atoms with Crippen LogP contribution in [0, 0.1) is 0 Å². The summed E-state index contributed by atoms with van der Waals surface area (Å²) in [5.74, 6) is 0. The fourth-order valence-electron chi connectivity index (χ4n) is 2.61. The van der Waals surface area contributed by atoms with E-state index < -0.39 is 0 Å². The number of pyridine rings is 1. The van der Waals surface area contributed by atoms with Crippen LogP contribution in [-0.4, -0.2) is 34.6 Å². The second-order valence-electron chi connectivity index (χ2n) is 5.61. The first kappa shape index (κ1) is 12.5. The molecule has 0 bridgehead atoms. The highest BCUT2D eigenvalue weighted by atomic mass is 15.2. The molecule has 0 spiro atoms. The Bertz CT molecular complexity index is 348. The van der Waals surface area contributed by atoms with Gasteiger partial charge in [0.15, 0.2) is 0 Å². The Kier molecular flexibility index (Phi) is 3.79. The molecule has 1 aromatic heterocycles. The SMILES string of the molecule is CC1CCNCC(C)(C)N1Cc1ccncc1. The van der Waals surface area contributed by atoms with Gasteiger partial charge in [-0.05, 0) is 51.4 Å². The third-order valence-electron chi connectivity index (χ3n) is 3.71. The van der Waals surface area contributed by atoms with E-state index in [2.05, 4.69) is 48.1 Å². The van der Waals surface area contributed by atoms with E-state index in [1.807, 2.05) is 12.4 Å². The van der Waals surface area contributed by atoms with Gasteiger partial charge in [0.1, 0.15) is 0 Å². The zero-order chi connectivity index (χ0) is 12.3. The molecule has 17 heavy (non-hydrogen) atoms. The minimum atomic E-state index is 0.208. The smallest absolute Gasteiger partial charge is 0.0284 e. The van der Waals surface area contributed by atoms with Crippen molar-refractivity contribution >= 4 is 0 Å². The van der Waals surface area contributed by atoms with Crippen LogP contribution < -0.4 is 5.32 Å². The van der Waals surface area contributed by atoms with Crippen molar-refractivity contribution < 1.29 is 0 Å². The number of nitrogens with zero attached hydrogens (tertiary/aromatic N) is 2. The van der Waals surface area contributed by atoms with E-state index >= 15 is 0 Å². The number of hydrogen-bond acceptors (Lipinski definition) is 3. The molecule has 1 saturated heterocycles. The molecule has 0 amide bonds. The van der Waals surface area contributed by atoms with Gasteiger partial charge in [-0.3, -0.25) is 9.88 Å². The van der Waals surface area contributed by atoms with Gasteiger partial charge in [-0.1, -0.05) is 0 Å². The average Bonchev–Trinajstić information content (AvgIpc) is 2.43. The predicted octanol–water partition coefficient (Wildman–Crippen LogP) is 2.04. The summed E-state index contributed by atoms with van der Waals surface area (Å²) >= 11 is 0. The number of aromatic nitrogens is 1. The lowest BCUT2D eigenvalue weighted by Crippen LogP contribution is -2.50. The van der Waals surface area contributed by atoms with Crippen molar-refractivity contribution in [2.45, 2.75) is 45.3 Å². The van der Waals surface area contributed by atoms with Gasteiger partial charge in [0.25, 0.3) is 0 Å². The fraction of sp³-hybridized carbons (Fsp3) is 0.643. The van der Waals surface area contributed by atoms with Crippen LogP contribution in [0.25, 0.3) is 0 Å². The summed E-state index contributed by atoms with van der Waals surface area (Å²) in [4.78, 5) is 6.68. The van der Waals surface area contributed by atoms with E-state index in [9.17, 15) is 0 Å². The average molecular weight is 233 g/mol. The third kappa shape index (κ3) is 3.05. The van der Waals surface area contributed by atoms with Gasteiger partial charge in [0.05, 0.1) is 0 Å². The third-order valence-corrected chi connectivity index (χ3v) is 3.71. The van der Waals surface area contributed by atoms with Crippen LogP contribution in [0.3, 0.4) is 0 Å². The molecule has 0 aliphatic carbocycles. The van der Waals surface area contributed by atoms with E-state index in [-0.39, 0.29) is 5.54 Å². The Balaban J connectivity index is 2.15. The van der Waals surface area contributed by atoms with Crippen LogP contribution >= 0.6 is 0 Å². The minimum absolute atomic E-state index is 0.208. The summed E-state index contributed by atoms with van der Waals surface area (Å²) in [6.07, 6.45) is 4.97. The van der Waals surface area contributed by atoms with E-state index in [0.717, 1.165) is 19.6 Å². The highest BCUT2D eigenvalue weighted by Crippen LogP contribution is 2.23. The molecule has 0 saturated carbocycles.